The molecule has 2 heteroatoms. The molecule has 0 heterocycles. The standard InChI is InChI=1S/C13H24O2/c1-5-9-10-13(15-8-4)12(6-2)11-14-7-3/h7-8,12-13H,3-6,9-11H2,1-2H3. The lowest BCUT2D eigenvalue weighted by molar-refractivity contribution is 0.0387. The van der Waals surface area contributed by atoms with Crippen LogP contribution in [-0.2, 0) is 9.47 Å². The third kappa shape index (κ3) is 6.21. The Morgan fingerprint density at radius 3 is 2.40 bits per heavy atom. The Hall–Kier alpha value is -0.920. The zero-order chi connectivity index (χ0) is 11.5. The average molecular weight is 212 g/mol. The van der Waals surface area contributed by atoms with Gasteiger partial charge in [-0.3, -0.25) is 0 Å². The van der Waals surface area contributed by atoms with Crippen molar-refractivity contribution in [2.45, 2.75) is 45.6 Å². The third-order valence-electron chi connectivity index (χ3n) is 2.59. The average Bonchev–Trinajstić information content (AvgIpc) is 2.26. The molecule has 0 aliphatic rings. The van der Waals surface area contributed by atoms with E-state index in [1.807, 2.05) is 0 Å². The number of rotatable bonds is 10. The summed E-state index contributed by atoms with van der Waals surface area (Å²) in [4.78, 5) is 0. The summed E-state index contributed by atoms with van der Waals surface area (Å²) in [6.07, 6.45) is 7.76. The van der Waals surface area contributed by atoms with Gasteiger partial charge in [0, 0.05) is 5.92 Å². The van der Waals surface area contributed by atoms with Gasteiger partial charge >= 0.3 is 0 Å². The summed E-state index contributed by atoms with van der Waals surface area (Å²) < 4.78 is 10.8. The Labute approximate surface area is 94.0 Å². The quantitative estimate of drug-likeness (QED) is 0.511. The fourth-order valence-corrected chi connectivity index (χ4v) is 1.62. The molecule has 0 bridgehead atoms. The second-order valence-electron chi connectivity index (χ2n) is 3.65. The van der Waals surface area contributed by atoms with Crippen LogP contribution in [0.4, 0.5) is 0 Å². The lowest BCUT2D eigenvalue weighted by Gasteiger charge is -2.25. The van der Waals surface area contributed by atoms with Crippen molar-refractivity contribution in [2.75, 3.05) is 6.61 Å². The van der Waals surface area contributed by atoms with Crippen LogP contribution >= 0.6 is 0 Å². The first-order valence-electron chi connectivity index (χ1n) is 5.78. The highest BCUT2D eigenvalue weighted by atomic mass is 16.5. The molecule has 0 fully saturated rings. The van der Waals surface area contributed by atoms with E-state index in [-0.39, 0.29) is 6.10 Å². The van der Waals surface area contributed by atoms with Crippen LogP contribution in [0.15, 0.2) is 25.7 Å². The van der Waals surface area contributed by atoms with Crippen LogP contribution in [0.3, 0.4) is 0 Å². The highest BCUT2D eigenvalue weighted by molar-refractivity contribution is 4.72. The van der Waals surface area contributed by atoms with Crippen molar-refractivity contribution in [1.82, 2.24) is 0 Å². The van der Waals surface area contributed by atoms with Crippen LogP contribution in [0.5, 0.6) is 0 Å². The molecule has 0 aliphatic heterocycles. The van der Waals surface area contributed by atoms with Gasteiger partial charge in [0.25, 0.3) is 0 Å². The molecule has 0 spiro atoms. The first kappa shape index (κ1) is 14.1. The summed E-state index contributed by atoms with van der Waals surface area (Å²) in [5.41, 5.74) is 0. The molecular formula is C13H24O2. The second-order valence-corrected chi connectivity index (χ2v) is 3.65. The van der Waals surface area contributed by atoms with Gasteiger partial charge in [0.15, 0.2) is 0 Å². The van der Waals surface area contributed by atoms with Crippen LogP contribution in [0.1, 0.15) is 39.5 Å². The highest BCUT2D eigenvalue weighted by Gasteiger charge is 2.20. The fourth-order valence-electron chi connectivity index (χ4n) is 1.62. The van der Waals surface area contributed by atoms with E-state index in [1.165, 1.54) is 25.4 Å². The molecule has 0 amide bonds. The molecule has 0 aliphatic carbocycles. The lowest BCUT2D eigenvalue weighted by Crippen LogP contribution is -2.25. The summed E-state index contributed by atoms with van der Waals surface area (Å²) in [5.74, 6) is 0.424. The van der Waals surface area contributed by atoms with Crippen LogP contribution < -0.4 is 0 Å². The molecule has 88 valence electrons. The minimum absolute atomic E-state index is 0.229. The molecule has 0 saturated heterocycles. The van der Waals surface area contributed by atoms with E-state index in [9.17, 15) is 0 Å². The molecular weight excluding hydrogens is 188 g/mol. The molecule has 0 saturated carbocycles. The number of hydrogen-bond donors (Lipinski definition) is 0. The van der Waals surface area contributed by atoms with Crippen molar-refractivity contribution < 1.29 is 9.47 Å². The molecule has 2 nitrogen and oxygen atoms in total. The molecule has 0 radical (unpaired) electrons. The topological polar surface area (TPSA) is 18.5 Å². The van der Waals surface area contributed by atoms with E-state index in [0.717, 1.165) is 12.8 Å². The van der Waals surface area contributed by atoms with E-state index < -0.39 is 0 Å². The minimum Gasteiger partial charge on any atom is -0.501 e. The van der Waals surface area contributed by atoms with Crippen molar-refractivity contribution in [3.05, 3.63) is 25.7 Å². The van der Waals surface area contributed by atoms with Gasteiger partial charge in [-0.2, -0.15) is 0 Å². The maximum atomic E-state index is 5.54. The number of unbranched alkanes of at least 4 members (excludes halogenated alkanes) is 1. The maximum absolute atomic E-state index is 5.54. The predicted octanol–water partition coefficient (Wildman–Crippen LogP) is 3.89. The molecule has 15 heavy (non-hydrogen) atoms. The van der Waals surface area contributed by atoms with Crippen molar-refractivity contribution in [1.29, 1.82) is 0 Å². The van der Waals surface area contributed by atoms with E-state index in [2.05, 4.69) is 27.0 Å². The van der Waals surface area contributed by atoms with Crippen molar-refractivity contribution in [3.8, 4) is 0 Å². The number of hydrogen-bond acceptors (Lipinski definition) is 2. The molecule has 0 rings (SSSR count). The van der Waals surface area contributed by atoms with Crippen molar-refractivity contribution in [3.63, 3.8) is 0 Å². The molecule has 0 N–H and O–H groups in total. The van der Waals surface area contributed by atoms with Gasteiger partial charge in [-0.05, 0) is 12.8 Å². The van der Waals surface area contributed by atoms with Gasteiger partial charge in [-0.25, -0.2) is 0 Å². The van der Waals surface area contributed by atoms with Crippen molar-refractivity contribution in [2.24, 2.45) is 5.92 Å². The Balaban J connectivity index is 4.11. The van der Waals surface area contributed by atoms with Gasteiger partial charge in [-0.15, -0.1) is 0 Å². The molecule has 0 aromatic carbocycles. The molecule has 2 atom stereocenters. The SMILES string of the molecule is C=COCC(CC)C(CCCC)OC=C. The Morgan fingerprint density at radius 1 is 1.20 bits per heavy atom. The predicted molar refractivity (Wildman–Crippen MR) is 64.5 cm³/mol. The minimum atomic E-state index is 0.229. The summed E-state index contributed by atoms with van der Waals surface area (Å²) >= 11 is 0. The smallest absolute Gasteiger partial charge is 0.104 e. The maximum Gasteiger partial charge on any atom is 0.104 e. The summed E-state index contributed by atoms with van der Waals surface area (Å²) in [6, 6.07) is 0. The van der Waals surface area contributed by atoms with Gasteiger partial charge in [-0.1, -0.05) is 39.8 Å². The highest BCUT2D eigenvalue weighted by Crippen LogP contribution is 2.19. The third-order valence-corrected chi connectivity index (χ3v) is 2.59. The van der Waals surface area contributed by atoms with Crippen molar-refractivity contribution >= 4 is 0 Å². The summed E-state index contributed by atoms with van der Waals surface area (Å²) in [7, 11) is 0. The van der Waals surface area contributed by atoms with Gasteiger partial charge in [0.05, 0.1) is 19.1 Å². The van der Waals surface area contributed by atoms with Crippen LogP contribution in [0, 0.1) is 5.92 Å². The van der Waals surface area contributed by atoms with Gasteiger partial charge < -0.3 is 9.47 Å². The lowest BCUT2D eigenvalue weighted by atomic mass is 9.96. The summed E-state index contributed by atoms with van der Waals surface area (Å²) in [5, 5.41) is 0. The first-order chi connectivity index (χ1) is 7.29. The monoisotopic (exact) mass is 212 g/mol. The molecule has 0 aromatic heterocycles. The normalized spacial score (nSPS) is 14.0. The van der Waals surface area contributed by atoms with Gasteiger partial charge in [0.2, 0.25) is 0 Å². The molecule has 0 aromatic rings. The van der Waals surface area contributed by atoms with E-state index >= 15 is 0 Å². The first-order valence-corrected chi connectivity index (χ1v) is 5.78. The van der Waals surface area contributed by atoms with Crippen LogP contribution in [0.25, 0.3) is 0 Å². The van der Waals surface area contributed by atoms with E-state index in [4.69, 9.17) is 9.47 Å². The summed E-state index contributed by atoms with van der Waals surface area (Å²) in [6.45, 7) is 12.2. The van der Waals surface area contributed by atoms with Gasteiger partial charge in [0.1, 0.15) is 6.10 Å². The van der Waals surface area contributed by atoms with Crippen LogP contribution in [-0.4, -0.2) is 12.7 Å². The Morgan fingerprint density at radius 2 is 1.93 bits per heavy atom. The fraction of sp³-hybridized carbons (Fsp3) is 0.692. The largest absolute Gasteiger partial charge is 0.501 e. The number of ether oxygens (including phenoxy) is 2. The Kier molecular flexibility index (Phi) is 9.04. The molecule has 2 unspecified atom stereocenters. The van der Waals surface area contributed by atoms with E-state index in [0.29, 0.717) is 12.5 Å². The zero-order valence-corrected chi connectivity index (χ0v) is 10.1. The van der Waals surface area contributed by atoms with Crippen LogP contribution in [0.2, 0.25) is 0 Å². The Bertz CT molecular complexity index is 166. The van der Waals surface area contributed by atoms with E-state index in [1.54, 1.807) is 0 Å². The second kappa shape index (κ2) is 9.63. The zero-order valence-electron chi connectivity index (χ0n) is 10.1.